The maximum absolute atomic E-state index is 15.1. The molecule has 0 aromatic heterocycles. The number of carbonyl (C=O) groups is 1. The lowest BCUT2D eigenvalue weighted by Gasteiger charge is -2.17. The Morgan fingerprint density at radius 1 is 0.947 bits per heavy atom. The highest BCUT2D eigenvalue weighted by Gasteiger charge is 2.75. The van der Waals surface area contributed by atoms with Gasteiger partial charge in [-0.05, 0) is 11.1 Å². The van der Waals surface area contributed by atoms with Crippen molar-refractivity contribution in [2.75, 3.05) is 0 Å². The number of carboxylic acid groups (broad SMARTS) is 1. The van der Waals surface area contributed by atoms with E-state index < -0.39 is 17.1 Å². The fraction of sp³-hybridized carbons (Fsp3) is 0.188. The third-order valence-electron chi connectivity index (χ3n) is 3.92. The monoisotopic (exact) mass is 256 g/mol. The topological polar surface area (TPSA) is 37.3 Å². The van der Waals surface area contributed by atoms with E-state index in [-0.39, 0.29) is 6.42 Å². The first kappa shape index (κ1) is 11.9. The predicted molar refractivity (Wildman–Crippen MR) is 69.6 cm³/mol. The number of aliphatic carboxylic acids is 1. The van der Waals surface area contributed by atoms with Gasteiger partial charge in [-0.3, -0.25) is 4.79 Å². The van der Waals surface area contributed by atoms with Crippen LogP contribution in [0, 0.1) is 0 Å². The molecule has 1 fully saturated rings. The number of benzene rings is 2. The van der Waals surface area contributed by atoms with E-state index in [0.29, 0.717) is 11.1 Å². The largest absolute Gasteiger partial charge is 0.480 e. The molecule has 0 saturated heterocycles. The predicted octanol–water partition coefficient (Wildman–Crippen LogP) is 3.28. The highest BCUT2D eigenvalue weighted by Crippen LogP contribution is 2.66. The summed E-state index contributed by atoms with van der Waals surface area (Å²) in [5.41, 5.74) is -2.31. The minimum absolute atomic E-state index is 0.0106. The minimum Gasteiger partial charge on any atom is -0.480 e. The summed E-state index contributed by atoms with van der Waals surface area (Å²) in [5, 5.41) is 9.51. The van der Waals surface area contributed by atoms with Crippen LogP contribution in [-0.4, -0.2) is 11.1 Å². The molecule has 3 heteroatoms. The van der Waals surface area contributed by atoms with Crippen LogP contribution in [0.5, 0.6) is 0 Å². The molecule has 2 aromatic carbocycles. The molecule has 2 atom stereocenters. The van der Waals surface area contributed by atoms with Crippen LogP contribution < -0.4 is 0 Å². The summed E-state index contributed by atoms with van der Waals surface area (Å²) in [6, 6.07) is 17.2. The summed E-state index contributed by atoms with van der Waals surface area (Å²) in [6.45, 7) is 0. The van der Waals surface area contributed by atoms with Crippen LogP contribution in [0.1, 0.15) is 17.5 Å². The Kier molecular flexibility index (Phi) is 2.45. The molecule has 2 aromatic rings. The van der Waals surface area contributed by atoms with E-state index in [1.54, 1.807) is 60.7 Å². The summed E-state index contributed by atoms with van der Waals surface area (Å²) in [6.07, 6.45) is -0.0106. The molecule has 0 amide bonds. The van der Waals surface area contributed by atoms with Gasteiger partial charge in [-0.2, -0.15) is 0 Å². The third-order valence-corrected chi connectivity index (χ3v) is 3.92. The second-order valence-electron chi connectivity index (χ2n) is 4.92. The van der Waals surface area contributed by atoms with E-state index in [0.717, 1.165) is 0 Å². The van der Waals surface area contributed by atoms with Crippen LogP contribution in [0.2, 0.25) is 0 Å². The molecule has 96 valence electrons. The lowest BCUT2D eigenvalue weighted by Crippen LogP contribution is -2.28. The molecule has 1 aliphatic rings. The minimum atomic E-state index is -1.82. The molecule has 3 rings (SSSR count). The number of alkyl halides is 1. The molecule has 0 unspecified atom stereocenters. The van der Waals surface area contributed by atoms with Gasteiger partial charge < -0.3 is 5.11 Å². The average molecular weight is 256 g/mol. The Hall–Kier alpha value is -2.16. The van der Waals surface area contributed by atoms with Crippen LogP contribution in [0.3, 0.4) is 0 Å². The number of rotatable bonds is 3. The van der Waals surface area contributed by atoms with E-state index in [4.69, 9.17) is 0 Å². The van der Waals surface area contributed by atoms with Crippen molar-refractivity contribution in [2.45, 2.75) is 17.5 Å². The first-order valence-electron chi connectivity index (χ1n) is 6.15. The van der Waals surface area contributed by atoms with E-state index in [9.17, 15) is 9.90 Å². The van der Waals surface area contributed by atoms with E-state index in [1.165, 1.54) is 0 Å². The molecule has 0 bridgehead atoms. The lowest BCUT2D eigenvalue weighted by atomic mass is 9.89. The summed E-state index contributed by atoms with van der Waals surface area (Å²) in [4.78, 5) is 11.6. The molecule has 0 radical (unpaired) electrons. The number of halogens is 1. The van der Waals surface area contributed by atoms with Gasteiger partial charge in [0.05, 0.1) is 0 Å². The fourth-order valence-corrected chi connectivity index (χ4v) is 2.79. The van der Waals surface area contributed by atoms with Crippen molar-refractivity contribution in [3.63, 3.8) is 0 Å². The zero-order valence-electron chi connectivity index (χ0n) is 10.2. The molecule has 0 spiro atoms. The third kappa shape index (κ3) is 1.51. The van der Waals surface area contributed by atoms with Crippen molar-refractivity contribution >= 4 is 5.97 Å². The van der Waals surface area contributed by atoms with Crippen LogP contribution >= 0.6 is 0 Å². The van der Waals surface area contributed by atoms with Crippen molar-refractivity contribution in [3.05, 3.63) is 71.8 Å². The molecular formula is C16H13FO2. The standard InChI is InChI=1S/C16H13FO2/c17-16(13-9-5-2-6-10-13)11-15(16,14(18)19)12-7-3-1-4-8-12/h1-10H,11H2,(H,18,19)/t15-,16+/m1/s1. The van der Waals surface area contributed by atoms with Crippen LogP contribution in [0.25, 0.3) is 0 Å². The van der Waals surface area contributed by atoms with Crippen molar-refractivity contribution in [1.82, 2.24) is 0 Å². The molecule has 19 heavy (non-hydrogen) atoms. The molecule has 2 nitrogen and oxygen atoms in total. The van der Waals surface area contributed by atoms with Gasteiger partial charge in [0.2, 0.25) is 0 Å². The molecule has 1 aliphatic carbocycles. The average Bonchev–Trinajstić information content (AvgIpc) is 3.10. The SMILES string of the molecule is O=C(O)[C@]1(c2ccccc2)C[C@]1(F)c1ccccc1. The Morgan fingerprint density at radius 2 is 1.42 bits per heavy atom. The van der Waals surface area contributed by atoms with Gasteiger partial charge in [0, 0.05) is 6.42 Å². The molecule has 0 heterocycles. The summed E-state index contributed by atoms with van der Waals surface area (Å²) in [7, 11) is 0. The van der Waals surface area contributed by atoms with Gasteiger partial charge in [0.1, 0.15) is 5.41 Å². The fourth-order valence-electron chi connectivity index (χ4n) is 2.79. The first-order valence-corrected chi connectivity index (χ1v) is 6.15. The van der Waals surface area contributed by atoms with Gasteiger partial charge in [-0.1, -0.05) is 60.7 Å². The molecule has 0 aliphatic heterocycles. The Labute approximate surface area is 110 Å². The maximum atomic E-state index is 15.1. The van der Waals surface area contributed by atoms with E-state index in [1.807, 2.05) is 0 Å². The van der Waals surface area contributed by atoms with Gasteiger partial charge >= 0.3 is 5.97 Å². The number of hydrogen-bond donors (Lipinski definition) is 1. The Morgan fingerprint density at radius 3 is 1.89 bits per heavy atom. The molecule has 1 saturated carbocycles. The van der Waals surface area contributed by atoms with Gasteiger partial charge in [-0.15, -0.1) is 0 Å². The molecular weight excluding hydrogens is 243 g/mol. The van der Waals surface area contributed by atoms with Crippen LogP contribution in [0.15, 0.2) is 60.7 Å². The van der Waals surface area contributed by atoms with Crippen molar-refractivity contribution < 1.29 is 14.3 Å². The quantitative estimate of drug-likeness (QED) is 0.915. The van der Waals surface area contributed by atoms with Crippen molar-refractivity contribution in [1.29, 1.82) is 0 Å². The number of carboxylic acids is 1. The van der Waals surface area contributed by atoms with Crippen LogP contribution in [-0.2, 0) is 15.9 Å². The van der Waals surface area contributed by atoms with Crippen LogP contribution in [0.4, 0.5) is 4.39 Å². The highest BCUT2D eigenvalue weighted by molar-refractivity contribution is 5.89. The normalized spacial score (nSPS) is 28.9. The summed E-state index contributed by atoms with van der Waals surface area (Å²) in [5.74, 6) is -1.11. The first-order chi connectivity index (χ1) is 9.11. The molecule has 1 N–H and O–H groups in total. The van der Waals surface area contributed by atoms with E-state index in [2.05, 4.69) is 0 Å². The highest BCUT2D eigenvalue weighted by atomic mass is 19.1. The van der Waals surface area contributed by atoms with E-state index >= 15 is 4.39 Å². The van der Waals surface area contributed by atoms with Gasteiger partial charge in [-0.25, -0.2) is 4.39 Å². The Bertz CT molecular complexity index is 611. The number of hydrogen-bond acceptors (Lipinski definition) is 1. The second-order valence-corrected chi connectivity index (χ2v) is 4.92. The van der Waals surface area contributed by atoms with Crippen molar-refractivity contribution in [2.24, 2.45) is 0 Å². The smallest absolute Gasteiger partial charge is 0.317 e. The van der Waals surface area contributed by atoms with Crippen molar-refractivity contribution in [3.8, 4) is 0 Å². The zero-order valence-corrected chi connectivity index (χ0v) is 10.2. The Balaban J connectivity index is 2.11. The van der Waals surface area contributed by atoms with Gasteiger partial charge in [0.25, 0.3) is 0 Å². The summed E-state index contributed by atoms with van der Waals surface area (Å²) < 4.78 is 15.1. The zero-order chi connectivity index (χ0) is 13.5. The maximum Gasteiger partial charge on any atom is 0.317 e. The summed E-state index contributed by atoms with van der Waals surface area (Å²) >= 11 is 0. The van der Waals surface area contributed by atoms with Gasteiger partial charge in [0.15, 0.2) is 5.67 Å². The second kappa shape index (κ2) is 3.92. The lowest BCUT2D eigenvalue weighted by molar-refractivity contribution is -0.141.